The average Bonchev–Trinajstić information content (AvgIpc) is 2.49. The maximum atomic E-state index is 12.8. The number of hydrogen-bond donors (Lipinski definition) is 0. The lowest BCUT2D eigenvalue weighted by atomic mass is 10.0. The molecule has 3 heterocycles. The van der Waals surface area contributed by atoms with Crippen LogP contribution in [-0.2, 0) is 4.74 Å². The summed E-state index contributed by atoms with van der Waals surface area (Å²) >= 11 is 0. The van der Waals surface area contributed by atoms with E-state index in [9.17, 15) is 4.39 Å². The predicted molar refractivity (Wildman–Crippen MR) is 69.6 cm³/mol. The van der Waals surface area contributed by atoms with Crippen molar-refractivity contribution in [2.24, 2.45) is 0 Å². The third-order valence-corrected chi connectivity index (χ3v) is 3.92. The molecule has 3 rings (SSSR count). The standard InChI is InChI=1S/C13H19FN4O/c14-11-9-15-13(16-10-11)18-3-1-12(2-4-18)17-5-7-19-8-6-17/h9-10,12H,1-8H2. The van der Waals surface area contributed by atoms with Crippen LogP contribution < -0.4 is 4.90 Å². The van der Waals surface area contributed by atoms with Gasteiger partial charge in [0.2, 0.25) is 5.95 Å². The minimum absolute atomic E-state index is 0.382. The van der Waals surface area contributed by atoms with E-state index in [2.05, 4.69) is 19.8 Å². The molecule has 0 amide bonds. The molecule has 0 aromatic carbocycles. The molecule has 0 unspecified atom stereocenters. The molecule has 0 saturated carbocycles. The Morgan fingerprint density at radius 1 is 1.05 bits per heavy atom. The number of hydrogen-bond acceptors (Lipinski definition) is 5. The Balaban J connectivity index is 1.55. The smallest absolute Gasteiger partial charge is 0.225 e. The summed E-state index contributed by atoms with van der Waals surface area (Å²) in [6, 6.07) is 0.639. The third kappa shape index (κ3) is 3.01. The van der Waals surface area contributed by atoms with Gasteiger partial charge < -0.3 is 9.64 Å². The Kier molecular flexibility index (Phi) is 3.89. The summed E-state index contributed by atoms with van der Waals surface area (Å²) < 4.78 is 18.2. The fourth-order valence-electron chi connectivity index (χ4n) is 2.84. The van der Waals surface area contributed by atoms with E-state index in [1.54, 1.807) is 0 Å². The first-order chi connectivity index (χ1) is 9.33. The molecule has 2 aliphatic rings. The molecule has 5 nitrogen and oxygen atoms in total. The molecule has 6 heteroatoms. The quantitative estimate of drug-likeness (QED) is 0.796. The summed E-state index contributed by atoms with van der Waals surface area (Å²) in [6.07, 6.45) is 4.69. The van der Waals surface area contributed by atoms with Crippen molar-refractivity contribution in [1.82, 2.24) is 14.9 Å². The fourth-order valence-corrected chi connectivity index (χ4v) is 2.84. The molecule has 104 valence electrons. The van der Waals surface area contributed by atoms with Crippen molar-refractivity contribution in [2.75, 3.05) is 44.3 Å². The Hall–Kier alpha value is -1.27. The van der Waals surface area contributed by atoms with Crippen LogP contribution in [0, 0.1) is 5.82 Å². The molecular weight excluding hydrogens is 247 g/mol. The van der Waals surface area contributed by atoms with Gasteiger partial charge in [-0.15, -0.1) is 0 Å². The lowest BCUT2D eigenvalue weighted by Crippen LogP contribution is -2.49. The van der Waals surface area contributed by atoms with Gasteiger partial charge in [0.1, 0.15) is 0 Å². The first-order valence-corrected chi connectivity index (χ1v) is 6.87. The molecule has 0 N–H and O–H groups in total. The summed E-state index contributed by atoms with van der Waals surface area (Å²) in [5.74, 6) is 0.258. The highest BCUT2D eigenvalue weighted by Gasteiger charge is 2.26. The molecule has 0 aliphatic carbocycles. The van der Waals surface area contributed by atoms with Crippen molar-refractivity contribution in [1.29, 1.82) is 0 Å². The van der Waals surface area contributed by atoms with E-state index in [1.807, 2.05) is 0 Å². The number of nitrogens with zero attached hydrogens (tertiary/aromatic N) is 4. The fraction of sp³-hybridized carbons (Fsp3) is 0.692. The number of anilines is 1. The van der Waals surface area contributed by atoms with Crippen LogP contribution in [0.15, 0.2) is 12.4 Å². The van der Waals surface area contributed by atoms with Gasteiger partial charge in [0.25, 0.3) is 0 Å². The van der Waals surface area contributed by atoms with Crippen LogP contribution in [0.1, 0.15) is 12.8 Å². The number of piperidine rings is 1. The van der Waals surface area contributed by atoms with Gasteiger partial charge >= 0.3 is 0 Å². The van der Waals surface area contributed by atoms with Crippen LogP contribution in [0.4, 0.5) is 10.3 Å². The van der Waals surface area contributed by atoms with Gasteiger partial charge in [-0.3, -0.25) is 4.90 Å². The highest BCUT2D eigenvalue weighted by Crippen LogP contribution is 2.20. The summed E-state index contributed by atoms with van der Waals surface area (Å²) in [5.41, 5.74) is 0. The maximum absolute atomic E-state index is 12.8. The molecule has 19 heavy (non-hydrogen) atoms. The Labute approximate surface area is 112 Å². The van der Waals surface area contributed by atoms with E-state index in [0.717, 1.165) is 52.2 Å². The van der Waals surface area contributed by atoms with Gasteiger partial charge in [-0.1, -0.05) is 0 Å². The highest BCUT2D eigenvalue weighted by molar-refractivity contribution is 5.29. The number of ether oxygens (including phenoxy) is 1. The lowest BCUT2D eigenvalue weighted by Gasteiger charge is -2.40. The van der Waals surface area contributed by atoms with Crippen LogP contribution >= 0.6 is 0 Å². The largest absolute Gasteiger partial charge is 0.379 e. The number of aromatic nitrogens is 2. The second kappa shape index (κ2) is 5.79. The number of halogens is 1. The number of morpholine rings is 1. The summed E-state index contributed by atoms with van der Waals surface area (Å²) in [5, 5.41) is 0. The van der Waals surface area contributed by atoms with E-state index < -0.39 is 0 Å². The molecule has 0 spiro atoms. The Morgan fingerprint density at radius 3 is 2.32 bits per heavy atom. The summed E-state index contributed by atoms with van der Waals surface area (Å²) in [4.78, 5) is 12.7. The van der Waals surface area contributed by atoms with Crippen LogP contribution in [-0.4, -0.2) is 60.3 Å². The van der Waals surface area contributed by atoms with Crippen LogP contribution in [0.5, 0.6) is 0 Å². The first kappa shape index (κ1) is 12.7. The molecule has 2 saturated heterocycles. The molecule has 2 aliphatic heterocycles. The predicted octanol–water partition coefficient (Wildman–Crippen LogP) is 0.917. The van der Waals surface area contributed by atoms with Gasteiger partial charge in [-0.2, -0.15) is 0 Å². The van der Waals surface area contributed by atoms with E-state index in [-0.39, 0.29) is 5.82 Å². The normalized spacial score (nSPS) is 22.7. The zero-order valence-electron chi connectivity index (χ0n) is 11.0. The third-order valence-electron chi connectivity index (χ3n) is 3.92. The first-order valence-electron chi connectivity index (χ1n) is 6.87. The lowest BCUT2D eigenvalue weighted by molar-refractivity contribution is 0.0114. The Morgan fingerprint density at radius 2 is 1.68 bits per heavy atom. The van der Waals surface area contributed by atoms with Gasteiger partial charge in [0.15, 0.2) is 5.82 Å². The molecule has 1 aromatic rings. The van der Waals surface area contributed by atoms with E-state index in [4.69, 9.17) is 4.74 Å². The molecule has 1 aromatic heterocycles. The SMILES string of the molecule is Fc1cnc(N2CCC(N3CCOCC3)CC2)nc1. The second-order valence-corrected chi connectivity index (χ2v) is 5.07. The minimum Gasteiger partial charge on any atom is -0.379 e. The second-order valence-electron chi connectivity index (χ2n) is 5.07. The Bertz CT molecular complexity index is 400. The van der Waals surface area contributed by atoms with E-state index >= 15 is 0 Å². The van der Waals surface area contributed by atoms with Crippen LogP contribution in [0.3, 0.4) is 0 Å². The van der Waals surface area contributed by atoms with Gasteiger partial charge in [0.05, 0.1) is 25.6 Å². The van der Waals surface area contributed by atoms with Gasteiger partial charge in [0, 0.05) is 32.2 Å². The summed E-state index contributed by atoms with van der Waals surface area (Å²) in [7, 11) is 0. The van der Waals surface area contributed by atoms with Crippen molar-refractivity contribution >= 4 is 5.95 Å². The summed E-state index contributed by atoms with van der Waals surface area (Å²) in [6.45, 7) is 5.65. The minimum atomic E-state index is -0.382. The zero-order chi connectivity index (χ0) is 13.1. The van der Waals surface area contributed by atoms with Gasteiger partial charge in [-0.25, -0.2) is 14.4 Å². The topological polar surface area (TPSA) is 41.5 Å². The van der Waals surface area contributed by atoms with Crippen LogP contribution in [0.2, 0.25) is 0 Å². The van der Waals surface area contributed by atoms with Crippen molar-refractivity contribution in [3.63, 3.8) is 0 Å². The molecule has 0 bridgehead atoms. The zero-order valence-corrected chi connectivity index (χ0v) is 11.0. The molecule has 2 fully saturated rings. The van der Waals surface area contributed by atoms with Crippen molar-refractivity contribution in [3.05, 3.63) is 18.2 Å². The van der Waals surface area contributed by atoms with Crippen molar-refractivity contribution in [2.45, 2.75) is 18.9 Å². The van der Waals surface area contributed by atoms with Crippen molar-refractivity contribution < 1.29 is 9.13 Å². The van der Waals surface area contributed by atoms with E-state index in [0.29, 0.717) is 12.0 Å². The van der Waals surface area contributed by atoms with Gasteiger partial charge in [-0.05, 0) is 12.8 Å². The van der Waals surface area contributed by atoms with Crippen LogP contribution in [0.25, 0.3) is 0 Å². The van der Waals surface area contributed by atoms with E-state index in [1.165, 1.54) is 12.4 Å². The highest BCUT2D eigenvalue weighted by atomic mass is 19.1. The average molecular weight is 266 g/mol. The molecule has 0 atom stereocenters. The molecule has 0 radical (unpaired) electrons. The van der Waals surface area contributed by atoms with Crippen molar-refractivity contribution in [3.8, 4) is 0 Å². The molecular formula is C13H19FN4O. The number of rotatable bonds is 2. The maximum Gasteiger partial charge on any atom is 0.225 e. The monoisotopic (exact) mass is 266 g/mol.